The Morgan fingerprint density at radius 1 is 1.24 bits per heavy atom. The van der Waals surface area contributed by atoms with E-state index in [1.165, 1.54) is 13.2 Å². The lowest BCUT2D eigenvalue weighted by molar-refractivity contribution is -0.122. The van der Waals surface area contributed by atoms with Gasteiger partial charge in [-0.1, -0.05) is 29.8 Å². The highest BCUT2D eigenvalue weighted by atomic mass is 35.5. The van der Waals surface area contributed by atoms with Crippen LogP contribution in [0.15, 0.2) is 42.5 Å². The molecule has 5 nitrogen and oxygen atoms in total. The van der Waals surface area contributed by atoms with Crippen molar-refractivity contribution in [3.05, 3.63) is 58.6 Å². The maximum absolute atomic E-state index is 12.6. The first kappa shape index (κ1) is 17.3. The summed E-state index contributed by atoms with van der Waals surface area (Å²) < 4.78 is 10.3. The number of hydrogen-bond acceptors (Lipinski definition) is 4. The Bertz CT molecular complexity index is 821. The number of nitrogens with zero attached hydrogens (tertiary/aromatic N) is 1. The van der Waals surface area contributed by atoms with Crippen molar-refractivity contribution < 1.29 is 19.1 Å². The van der Waals surface area contributed by atoms with Crippen LogP contribution < -0.4 is 9.64 Å². The largest absolute Gasteiger partial charge is 0.496 e. The number of anilines is 1. The third-order valence-electron chi connectivity index (χ3n) is 4.18. The predicted octanol–water partition coefficient (Wildman–Crippen LogP) is 3.48. The number of hydrogen-bond donors (Lipinski definition) is 0. The van der Waals surface area contributed by atoms with Gasteiger partial charge in [0.1, 0.15) is 11.3 Å². The molecular formula is C19H18ClNO4. The van der Waals surface area contributed by atoms with E-state index < -0.39 is 5.97 Å². The molecule has 2 aromatic rings. The molecule has 2 aromatic carbocycles. The van der Waals surface area contributed by atoms with Gasteiger partial charge in [-0.2, -0.15) is 0 Å². The SMILES string of the molecule is COc1ccc(Cl)cc1C(=O)OCC(=O)N1c2ccccc2C[C@H]1C. The van der Waals surface area contributed by atoms with E-state index in [0.29, 0.717) is 10.8 Å². The highest BCUT2D eigenvalue weighted by Gasteiger charge is 2.31. The number of benzene rings is 2. The van der Waals surface area contributed by atoms with Gasteiger partial charge in [0.2, 0.25) is 0 Å². The molecule has 0 radical (unpaired) electrons. The van der Waals surface area contributed by atoms with Crippen molar-refractivity contribution in [2.45, 2.75) is 19.4 Å². The molecular weight excluding hydrogens is 342 g/mol. The number of halogens is 1. The predicted molar refractivity (Wildman–Crippen MR) is 95.4 cm³/mol. The summed E-state index contributed by atoms with van der Waals surface area (Å²) in [6, 6.07) is 12.4. The van der Waals surface area contributed by atoms with E-state index in [9.17, 15) is 9.59 Å². The highest BCUT2D eigenvalue weighted by molar-refractivity contribution is 6.31. The van der Waals surface area contributed by atoms with E-state index in [-0.39, 0.29) is 24.1 Å². The first-order valence-corrected chi connectivity index (χ1v) is 8.29. The Labute approximate surface area is 151 Å². The molecule has 6 heteroatoms. The van der Waals surface area contributed by atoms with Gasteiger partial charge in [-0.25, -0.2) is 4.79 Å². The number of carbonyl (C=O) groups is 2. The van der Waals surface area contributed by atoms with Crippen molar-refractivity contribution in [2.24, 2.45) is 0 Å². The van der Waals surface area contributed by atoms with Crippen LogP contribution in [0.2, 0.25) is 5.02 Å². The average molecular weight is 360 g/mol. The molecule has 1 aliphatic rings. The molecule has 0 spiro atoms. The molecule has 0 unspecified atom stereocenters. The molecule has 3 rings (SSSR count). The van der Waals surface area contributed by atoms with E-state index in [1.807, 2.05) is 31.2 Å². The zero-order chi connectivity index (χ0) is 18.0. The first-order chi connectivity index (χ1) is 12.0. The molecule has 0 fully saturated rings. The van der Waals surface area contributed by atoms with Gasteiger partial charge in [-0.05, 0) is 43.2 Å². The van der Waals surface area contributed by atoms with Crippen LogP contribution in [0.25, 0.3) is 0 Å². The molecule has 25 heavy (non-hydrogen) atoms. The monoisotopic (exact) mass is 359 g/mol. The molecule has 0 saturated heterocycles. The number of methoxy groups -OCH3 is 1. The smallest absolute Gasteiger partial charge is 0.342 e. The lowest BCUT2D eigenvalue weighted by Gasteiger charge is -2.22. The zero-order valence-electron chi connectivity index (χ0n) is 14.0. The second-order valence-electron chi connectivity index (χ2n) is 5.87. The maximum Gasteiger partial charge on any atom is 0.342 e. The second kappa shape index (κ2) is 7.15. The van der Waals surface area contributed by atoms with Crippen molar-refractivity contribution in [1.29, 1.82) is 0 Å². The van der Waals surface area contributed by atoms with Crippen LogP contribution in [-0.4, -0.2) is 31.6 Å². The van der Waals surface area contributed by atoms with Crippen molar-refractivity contribution in [3.8, 4) is 5.75 Å². The number of carbonyl (C=O) groups excluding carboxylic acids is 2. The van der Waals surface area contributed by atoms with Crippen LogP contribution in [0.3, 0.4) is 0 Å². The third kappa shape index (κ3) is 3.46. The quantitative estimate of drug-likeness (QED) is 0.784. The number of para-hydroxylation sites is 1. The van der Waals surface area contributed by atoms with Crippen molar-refractivity contribution in [1.82, 2.24) is 0 Å². The second-order valence-corrected chi connectivity index (χ2v) is 6.30. The number of ether oxygens (including phenoxy) is 2. The Morgan fingerprint density at radius 2 is 2.00 bits per heavy atom. The summed E-state index contributed by atoms with van der Waals surface area (Å²) in [6.07, 6.45) is 0.790. The zero-order valence-corrected chi connectivity index (χ0v) is 14.7. The average Bonchev–Trinajstić information content (AvgIpc) is 2.95. The molecule has 0 aliphatic carbocycles. The maximum atomic E-state index is 12.6. The summed E-state index contributed by atoms with van der Waals surface area (Å²) in [5.74, 6) is -0.554. The Balaban J connectivity index is 1.71. The fraction of sp³-hybridized carbons (Fsp3) is 0.263. The van der Waals surface area contributed by atoms with Crippen LogP contribution in [0.5, 0.6) is 5.75 Å². The molecule has 0 saturated carbocycles. The van der Waals surface area contributed by atoms with Crippen molar-refractivity contribution in [3.63, 3.8) is 0 Å². The normalized spacial score (nSPS) is 15.6. The molecule has 1 aliphatic heterocycles. The summed E-state index contributed by atoms with van der Waals surface area (Å²) in [6.45, 7) is 1.63. The van der Waals surface area contributed by atoms with Crippen LogP contribution in [0.4, 0.5) is 5.69 Å². The lowest BCUT2D eigenvalue weighted by Crippen LogP contribution is -2.38. The van der Waals surface area contributed by atoms with Gasteiger partial charge < -0.3 is 14.4 Å². The van der Waals surface area contributed by atoms with Crippen LogP contribution in [0, 0.1) is 0 Å². The number of rotatable bonds is 4. The minimum atomic E-state index is -0.646. The van der Waals surface area contributed by atoms with Crippen LogP contribution >= 0.6 is 11.6 Å². The topological polar surface area (TPSA) is 55.8 Å². The summed E-state index contributed by atoms with van der Waals surface area (Å²) in [5, 5.41) is 0.390. The van der Waals surface area contributed by atoms with Gasteiger partial charge in [0.15, 0.2) is 6.61 Å². The summed E-state index contributed by atoms with van der Waals surface area (Å²) in [7, 11) is 1.45. The Kier molecular flexibility index (Phi) is 4.95. The van der Waals surface area contributed by atoms with Crippen molar-refractivity contribution >= 4 is 29.2 Å². The van der Waals surface area contributed by atoms with Crippen LogP contribution in [0.1, 0.15) is 22.8 Å². The van der Waals surface area contributed by atoms with E-state index in [4.69, 9.17) is 21.1 Å². The molecule has 0 N–H and O–H groups in total. The summed E-state index contributed by atoms with van der Waals surface area (Å²) in [4.78, 5) is 26.5. The molecule has 0 bridgehead atoms. The lowest BCUT2D eigenvalue weighted by atomic mass is 10.1. The van der Waals surface area contributed by atoms with E-state index in [0.717, 1.165) is 17.7 Å². The third-order valence-corrected chi connectivity index (χ3v) is 4.42. The van der Waals surface area contributed by atoms with Gasteiger partial charge >= 0.3 is 5.97 Å². The summed E-state index contributed by atoms with van der Waals surface area (Å²) >= 11 is 5.92. The van der Waals surface area contributed by atoms with Crippen LogP contribution in [-0.2, 0) is 16.0 Å². The van der Waals surface area contributed by atoms with Gasteiger partial charge in [0.25, 0.3) is 5.91 Å². The van der Waals surface area contributed by atoms with Gasteiger partial charge in [0.05, 0.1) is 7.11 Å². The molecule has 1 amide bonds. The van der Waals surface area contributed by atoms with Gasteiger partial charge in [-0.15, -0.1) is 0 Å². The minimum absolute atomic E-state index is 0.0318. The van der Waals surface area contributed by atoms with E-state index in [2.05, 4.69) is 0 Å². The molecule has 1 heterocycles. The fourth-order valence-electron chi connectivity index (χ4n) is 3.06. The molecule has 1 atom stereocenters. The number of amides is 1. The highest BCUT2D eigenvalue weighted by Crippen LogP contribution is 2.32. The Hall–Kier alpha value is -2.53. The number of fused-ring (bicyclic) bond motifs is 1. The minimum Gasteiger partial charge on any atom is -0.496 e. The number of esters is 1. The standard InChI is InChI=1S/C19H18ClNO4/c1-12-9-13-5-3-4-6-16(13)21(12)18(22)11-25-19(23)15-10-14(20)7-8-17(15)24-2/h3-8,10,12H,9,11H2,1-2H3/t12-/m1/s1. The summed E-state index contributed by atoms with van der Waals surface area (Å²) in [5.41, 5.74) is 2.18. The fourth-order valence-corrected chi connectivity index (χ4v) is 3.23. The Morgan fingerprint density at radius 3 is 2.76 bits per heavy atom. The van der Waals surface area contributed by atoms with Gasteiger partial charge in [0, 0.05) is 16.8 Å². The van der Waals surface area contributed by atoms with E-state index >= 15 is 0 Å². The first-order valence-electron chi connectivity index (χ1n) is 7.92. The molecule has 130 valence electrons. The van der Waals surface area contributed by atoms with Crippen molar-refractivity contribution in [2.75, 3.05) is 18.6 Å². The van der Waals surface area contributed by atoms with E-state index in [1.54, 1.807) is 17.0 Å². The van der Waals surface area contributed by atoms with Gasteiger partial charge in [-0.3, -0.25) is 4.79 Å². The molecule has 0 aromatic heterocycles.